The lowest BCUT2D eigenvalue weighted by molar-refractivity contribution is 0.485. The average Bonchev–Trinajstić information content (AvgIpc) is 3.02. The molecule has 1 aromatic rings. The fraction of sp³-hybridized carbons (Fsp3) is 0.643. The van der Waals surface area contributed by atoms with E-state index in [2.05, 4.69) is 37.4 Å². The van der Waals surface area contributed by atoms with E-state index >= 15 is 0 Å². The third kappa shape index (κ3) is 7.24. The molecule has 22 heavy (non-hydrogen) atoms. The van der Waals surface area contributed by atoms with Gasteiger partial charge in [-0.3, -0.25) is 4.99 Å². The predicted octanol–water partition coefficient (Wildman–Crippen LogP) is 1.13. The minimum absolute atomic E-state index is 0.119. The Balaban J connectivity index is 2.24. The summed E-state index contributed by atoms with van der Waals surface area (Å²) in [6, 6.07) is 4.19. The van der Waals surface area contributed by atoms with Crippen molar-refractivity contribution in [1.29, 1.82) is 0 Å². The zero-order chi connectivity index (χ0) is 16.4. The van der Waals surface area contributed by atoms with Gasteiger partial charge in [-0.2, -0.15) is 0 Å². The number of sulfonamides is 1. The van der Waals surface area contributed by atoms with Crippen LogP contribution in [0.4, 0.5) is 0 Å². The summed E-state index contributed by atoms with van der Waals surface area (Å²) in [4.78, 5) is 7.68. The van der Waals surface area contributed by atoms with Crippen molar-refractivity contribution in [2.24, 2.45) is 4.99 Å². The second kappa shape index (κ2) is 9.81. The van der Waals surface area contributed by atoms with Crippen LogP contribution in [0.5, 0.6) is 0 Å². The van der Waals surface area contributed by atoms with Gasteiger partial charge >= 0.3 is 0 Å². The lowest BCUT2D eigenvalue weighted by Gasteiger charge is -2.21. The minimum atomic E-state index is -3.09. The van der Waals surface area contributed by atoms with Crippen LogP contribution >= 0.6 is 11.3 Å². The first-order chi connectivity index (χ1) is 10.5. The molecule has 0 bridgehead atoms. The van der Waals surface area contributed by atoms with Gasteiger partial charge in [-0.1, -0.05) is 6.07 Å². The summed E-state index contributed by atoms with van der Waals surface area (Å²) >= 11 is 1.76. The molecular weight excluding hydrogens is 320 g/mol. The van der Waals surface area contributed by atoms with Gasteiger partial charge in [0.25, 0.3) is 0 Å². The molecule has 1 aromatic heterocycles. The molecule has 126 valence electrons. The minimum Gasteiger partial charge on any atom is -0.356 e. The van der Waals surface area contributed by atoms with Crippen LogP contribution in [0.15, 0.2) is 22.5 Å². The maximum absolute atomic E-state index is 11.3. The van der Waals surface area contributed by atoms with Gasteiger partial charge in [0.1, 0.15) is 0 Å². The Kier molecular flexibility index (Phi) is 8.44. The van der Waals surface area contributed by atoms with Gasteiger partial charge in [0.05, 0.1) is 5.75 Å². The highest BCUT2D eigenvalue weighted by Gasteiger charge is 2.07. The number of aliphatic imine (C=N–C) groups is 1. The molecule has 0 unspecified atom stereocenters. The van der Waals surface area contributed by atoms with Gasteiger partial charge in [0, 0.05) is 38.6 Å². The Morgan fingerprint density at radius 3 is 2.77 bits per heavy atom. The van der Waals surface area contributed by atoms with Crippen LogP contribution < -0.4 is 10.0 Å². The third-order valence-corrected chi connectivity index (χ3v) is 5.53. The lowest BCUT2D eigenvalue weighted by atomic mass is 10.3. The van der Waals surface area contributed by atoms with E-state index in [0.717, 1.165) is 25.3 Å². The zero-order valence-corrected chi connectivity index (χ0v) is 15.1. The van der Waals surface area contributed by atoms with Gasteiger partial charge in [-0.25, -0.2) is 13.1 Å². The number of hydrogen-bond donors (Lipinski definition) is 2. The largest absolute Gasteiger partial charge is 0.356 e. The summed E-state index contributed by atoms with van der Waals surface area (Å²) in [5, 5.41) is 5.33. The molecule has 0 aliphatic carbocycles. The third-order valence-electron chi connectivity index (χ3n) is 3.19. The van der Waals surface area contributed by atoms with Gasteiger partial charge < -0.3 is 10.2 Å². The van der Waals surface area contributed by atoms with Crippen molar-refractivity contribution < 1.29 is 8.42 Å². The highest BCUT2D eigenvalue weighted by atomic mass is 32.2. The Labute approximate surface area is 137 Å². The van der Waals surface area contributed by atoms with E-state index < -0.39 is 10.0 Å². The van der Waals surface area contributed by atoms with Crippen LogP contribution in [0.25, 0.3) is 0 Å². The number of guanidine groups is 1. The summed E-state index contributed by atoms with van der Waals surface area (Å²) in [5.41, 5.74) is 0. The normalized spacial score (nSPS) is 12.4. The molecule has 8 heteroatoms. The number of nitrogens with one attached hydrogen (secondary N) is 2. The molecule has 0 aliphatic heterocycles. The van der Waals surface area contributed by atoms with Crippen LogP contribution in [0.3, 0.4) is 0 Å². The molecule has 0 aliphatic rings. The predicted molar refractivity (Wildman–Crippen MR) is 94.1 cm³/mol. The van der Waals surface area contributed by atoms with E-state index in [1.165, 1.54) is 4.88 Å². The average molecular weight is 347 g/mol. The molecule has 0 atom stereocenters. The van der Waals surface area contributed by atoms with Crippen molar-refractivity contribution in [3.63, 3.8) is 0 Å². The maximum atomic E-state index is 11.3. The van der Waals surface area contributed by atoms with Gasteiger partial charge in [0.15, 0.2) is 5.96 Å². The first-order valence-electron chi connectivity index (χ1n) is 7.40. The second-order valence-corrected chi connectivity index (χ2v) is 8.00. The van der Waals surface area contributed by atoms with E-state index in [-0.39, 0.29) is 5.75 Å². The van der Waals surface area contributed by atoms with Crippen LogP contribution in [0.1, 0.15) is 18.2 Å². The SMILES string of the molecule is CCS(=O)(=O)NCCCNC(=NC)N(C)CCc1cccs1. The van der Waals surface area contributed by atoms with E-state index in [9.17, 15) is 8.42 Å². The number of nitrogens with zero attached hydrogens (tertiary/aromatic N) is 2. The Morgan fingerprint density at radius 2 is 2.18 bits per heavy atom. The molecule has 0 fully saturated rings. The monoisotopic (exact) mass is 346 g/mol. The number of rotatable bonds is 9. The molecule has 0 amide bonds. The van der Waals surface area contributed by atoms with Crippen molar-refractivity contribution in [2.75, 3.05) is 39.5 Å². The summed E-state index contributed by atoms with van der Waals surface area (Å²) in [5.74, 6) is 0.947. The second-order valence-electron chi connectivity index (χ2n) is 4.88. The van der Waals surface area contributed by atoms with E-state index in [0.29, 0.717) is 13.1 Å². The van der Waals surface area contributed by atoms with Crippen molar-refractivity contribution in [3.05, 3.63) is 22.4 Å². The summed E-state index contributed by atoms with van der Waals surface area (Å²) < 4.78 is 25.1. The van der Waals surface area contributed by atoms with Gasteiger partial charge in [0.2, 0.25) is 10.0 Å². The van der Waals surface area contributed by atoms with Crippen molar-refractivity contribution in [2.45, 2.75) is 19.8 Å². The smallest absolute Gasteiger partial charge is 0.211 e. The molecule has 0 saturated heterocycles. The molecule has 1 rings (SSSR count). The van der Waals surface area contributed by atoms with Crippen LogP contribution in [-0.4, -0.2) is 58.8 Å². The standard InChI is InChI=1S/C14H26N4O2S2/c1-4-22(19,20)17-10-6-9-16-14(15-2)18(3)11-8-13-7-5-12-21-13/h5,7,12,17H,4,6,8-11H2,1-3H3,(H,15,16). The van der Waals surface area contributed by atoms with E-state index in [1.54, 1.807) is 25.3 Å². The Morgan fingerprint density at radius 1 is 1.41 bits per heavy atom. The lowest BCUT2D eigenvalue weighted by Crippen LogP contribution is -2.41. The van der Waals surface area contributed by atoms with Crippen molar-refractivity contribution in [3.8, 4) is 0 Å². The highest BCUT2D eigenvalue weighted by molar-refractivity contribution is 7.89. The number of thiophene rings is 1. The first-order valence-corrected chi connectivity index (χ1v) is 9.93. The van der Waals surface area contributed by atoms with Crippen LogP contribution in [0, 0.1) is 0 Å². The molecule has 0 spiro atoms. The van der Waals surface area contributed by atoms with Gasteiger partial charge in [-0.05, 0) is 31.2 Å². The van der Waals surface area contributed by atoms with E-state index in [1.807, 2.05) is 7.05 Å². The summed E-state index contributed by atoms with van der Waals surface area (Å²) in [6.45, 7) is 3.65. The van der Waals surface area contributed by atoms with Crippen LogP contribution in [0.2, 0.25) is 0 Å². The number of likely N-dealkylation sites (N-methyl/N-ethyl adjacent to an activating group) is 1. The fourth-order valence-electron chi connectivity index (χ4n) is 1.84. The number of hydrogen-bond acceptors (Lipinski definition) is 4. The maximum Gasteiger partial charge on any atom is 0.211 e. The van der Waals surface area contributed by atoms with Crippen molar-refractivity contribution in [1.82, 2.24) is 14.9 Å². The molecular formula is C14H26N4O2S2. The Bertz CT molecular complexity index is 541. The summed E-state index contributed by atoms with van der Waals surface area (Å²) in [7, 11) is 0.663. The molecule has 1 heterocycles. The Hall–Kier alpha value is -1.12. The van der Waals surface area contributed by atoms with E-state index in [4.69, 9.17) is 0 Å². The highest BCUT2D eigenvalue weighted by Crippen LogP contribution is 2.09. The quantitative estimate of drug-likeness (QED) is 0.399. The molecule has 2 N–H and O–H groups in total. The fourth-order valence-corrected chi connectivity index (χ4v) is 3.20. The van der Waals surface area contributed by atoms with Gasteiger partial charge in [-0.15, -0.1) is 11.3 Å². The summed E-state index contributed by atoms with van der Waals surface area (Å²) in [6.07, 6.45) is 1.71. The van der Waals surface area contributed by atoms with Crippen molar-refractivity contribution >= 4 is 27.3 Å². The first kappa shape index (κ1) is 18.9. The molecule has 0 aromatic carbocycles. The van der Waals surface area contributed by atoms with Crippen LogP contribution in [-0.2, 0) is 16.4 Å². The molecule has 0 radical (unpaired) electrons. The molecule has 6 nitrogen and oxygen atoms in total. The zero-order valence-electron chi connectivity index (χ0n) is 13.5. The topological polar surface area (TPSA) is 73.8 Å². The molecule has 0 saturated carbocycles.